The minimum Gasteiger partial charge on any atom is -0.374 e. The normalized spacial score (nSPS) is 21.3. The molecular weight excluding hydrogens is 158 g/mol. The Morgan fingerprint density at radius 2 is 2.15 bits per heavy atom. The summed E-state index contributed by atoms with van der Waals surface area (Å²) < 4.78 is 0. The van der Waals surface area contributed by atoms with Gasteiger partial charge in [-0.05, 0) is 30.4 Å². The monoisotopic (exact) mass is 177 g/mol. The highest BCUT2D eigenvalue weighted by Gasteiger charge is 2.18. The van der Waals surface area contributed by atoms with Crippen LogP contribution in [0.2, 0.25) is 0 Å². The predicted octanol–water partition coefficient (Wildman–Crippen LogP) is 3.12. The van der Waals surface area contributed by atoms with E-state index in [9.17, 15) is 0 Å². The SMILES string of the molecule is C.C=C1CCCC2=C1C=CCN2C. The van der Waals surface area contributed by atoms with Crippen LogP contribution in [0.4, 0.5) is 0 Å². The molecule has 0 aromatic rings. The molecule has 0 bridgehead atoms. The van der Waals surface area contributed by atoms with E-state index in [4.69, 9.17) is 0 Å². The van der Waals surface area contributed by atoms with Gasteiger partial charge >= 0.3 is 0 Å². The lowest BCUT2D eigenvalue weighted by Crippen LogP contribution is -2.24. The second-order valence-electron chi connectivity index (χ2n) is 3.60. The molecule has 1 nitrogen and oxygen atoms in total. The quantitative estimate of drug-likeness (QED) is 0.549. The molecule has 0 saturated carbocycles. The molecule has 0 amide bonds. The molecular formula is C12H19N. The summed E-state index contributed by atoms with van der Waals surface area (Å²) in [4.78, 5) is 2.33. The van der Waals surface area contributed by atoms with Gasteiger partial charge in [-0.1, -0.05) is 26.2 Å². The van der Waals surface area contributed by atoms with Gasteiger partial charge in [-0.2, -0.15) is 0 Å². The van der Waals surface area contributed by atoms with Crippen molar-refractivity contribution in [2.75, 3.05) is 13.6 Å². The Morgan fingerprint density at radius 1 is 1.38 bits per heavy atom. The van der Waals surface area contributed by atoms with Crippen LogP contribution in [0.3, 0.4) is 0 Å². The first-order valence-corrected chi connectivity index (χ1v) is 4.58. The highest BCUT2D eigenvalue weighted by molar-refractivity contribution is 5.45. The van der Waals surface area contributed by atoms with Crippen molar-refractivity contribution in [3.63, 3.8) is 0 Å². The lowest BCUT2D eigenvalue weighted by molar-refractivity contribution is 0.422. The Labute approximate surface area is 81.4 Å². The van der Waals surface area contributed by atoms with Gasteiger partial charge in [0, 0.05) is 19.3 Å². The van der Waals surface area contributed by atoms with E-state index in [1.54, 1.807) is 0 Å². The zero-order valence-electron chi connectivity index (χ0n) is 7.64. The van der Waals surface area contributed by atoms with Gasteiger partial charge in [0.1, 0.15) is 0 Å². The summed E-state index contributed by atoms with van der Waals surface area (Å²) in [6.07, 6.45) is 8.13. The predicted molar refractivity (Wildman–Crippen MR) is 58.5 cm³/mol. The van der Waals surface area contributed by atoms with E-state index < -0.39 is 0 Å². The summed E-state index contributed by atoms with van der Waals surface area (Å²) in [5.74, 6) is 0. The summed E-state index contributed by atoms with van der Waals surface area (Å²) in [6.45, 7) is 5.16. The molecule has 1 heterocycles. The van der Waals surface area contributed by atoms with E-state index in [0.29, 0.717) is 0 Å². The van der Waals surface area contributed by atoms with Crippen molar-refractivity contribution in [3.8, 4) is 0 Å². The topological polar surface area (TPSA) is 3.24 Å². The zero-order valence-corrected chi connectivity index (χ0v) is 7.64. The number of rotatable bonds is 0. The average Bonchev–Trinajstić information content (AvgIpc) is 2.07. The first-order valence-electron chi connectivity index (χ1n) is 4.58. The molecule has 2 rings (SSSR count). The number of likely N-dealkylation sites (N-methyl/N-ethyl adjacent to an activating group) is 1. The Morgan fingerprint density at radius 3 is 2.85 bits per heavy atom. The highest BCUT2D eigenvalue weighted by Crippen LogP contribution is 2.32. The van der Waals surface area contributed by atoms with Crippen LogP contribution < -0.4 is 0 Å². The van der Waals surface area contributed by atoms with E-state index in [1.807, 2.05) is 0 Å². The van der Waals surface area contributed by atoms with Gasteiger partial charge < -0.3 is 4.90 Å². The molecule has 72 valence electrons. The van der Waals surface area contributed by atoms with E-state index in [1.165, 1.54) is 36.1 Å². The third kappa shape index (κ3) is 1.69. The molecule has 0 aromatic carbocycles. The number of allylic oxidation sites excluding steroid dienone is 4. The van der Waals surface area contributed by atoms with Crippen molar-refractivity contribution in [1.82, 2.24) is 4.90 Å². The largest absolute Gasteiger partial charge is 0.374 e. The molecule has 0 spiro atoms. The third-order valence-electron chi connectivity index (χ3n) is 2.71. The lowest BCUT2D eigenvalue weighted by Gasteiger charge is -2.31. The molecule has 0 fully saturated rings. The van der Waals surface area contributed by atoms with Gasteiger partial charge in [0.2, 0.25) is 0 Å². The Kier molecular flexibility index (Phi) is 2.97. The van der Waals surface area contributed by atoms with Crippen LogP contribution in [-0.4, -0.2) is 18.5 Å². The maximum atomic E-state index is 4.10. The van der Waals surface area contributed by atoms with Crippen molar-refractivity contribution >= 4 is 0 Å². The molecule has 0 saturated heterocycles. The van der Waals surface area contributed by atoms with Gasteiger partial charge in [0.05, 0.1) is 0 Å². The van der Waals surface area contributed by atoms with Crippen LogP contribution >= 0.6 is 0 Å². The minimum absolute atomic E-state index is 0. The second-order valence-corrected chi connectivity index (χ2v) is 3.60. The van der Waals surface area contributed by atoms with Crippen molar-refractivity contribution in [2.45, 2.75) is 26.7 Å². The van der Waals surface area contributed by atoms with Crippen LogP contribution in [0.25, 0.3) is 0 Å². The van der Waals surface area contributed by atoms with Gasteiger partial charge in [-0.15, -0.1) is 0 Å². The summed E-state index contributed by atoms with van der Waals surface area (Å²) in [5.41, 5.74) is 4.21. The third-order valence-corrected chi connectivity index (χ3v) is 2.71. The van der Waals surface area contributed by atoms with Gasteiger partial charge in [0.15, 0.2) is 0 Å². The van der Waals surface area contributed by atoms with Crippen molar-refractivity contribution in [2.24, 2.45) is 0 Å². The molecule has 13 heavy (non-hydrogen) atoms. The first-order chi connectivity index (χ1) is 5.79. The summed E-state index contributed by atoms with van der Waals surface area (Å²) in [5, 5.41) is 0. The van der Waals surface area contributed by atoms with Gasteiger partial charge in [0.25, 0.3) is 0 Å². The molecule has 1 aliphatic carbocycles. The Balaban J connectivity index is 0.000000845. The van der Waals surface area contributed by atoms with Crippen LogP contribution in [0.1, 0.15) is 26.7 Å². The average molecular weight is 177 g/mol. The fraction of sp³-hybridized carbons (Fsp3) is 0.500. The van der Waals surface area contributed by atoms with Crippen molar-refractivity contribution in [3.05, 3.63) is 35.6 Å². The fourth-order valence-corrected chi connectivity index (χ4v) is 1.99. The lowest BCUT2D eigenvalue weighted by atomic mass is 9.89. The second kappa shape index (κ2) is 3.82. The zero-order chi connectivity index (χ0) is 8.55. The molecule has 0 atom stereocenters. The summed E-state index contributed by atoms with van der Waals surface area (Å²) in [7, 11) is 2.16. The molecule has 2 aliphatic rings. The van der Waals surface area contributed by atoms with Crippen LogP contribution in [0, 0.1) is 0 Å². The summed E-state index contributed by atoms with van der Waals surface area (Å²) >= 11 is 0. The number of hydrogen-bond donors (Lipinski definition) is 0. The molecule has 0 N–H and O–H groups in total. The Hall–Kier alpha value is -0.980. The number of hydrogen-bond acceptors (Lipinski definition) is 1. The first kappa shape index (κ1) is 10.1. The molecule has 0 radical (unpaired) electrons. The van der Waals surface area contributed by atoms with E-state index in [-0.39, 0.29) is 7.43 Å². The van der Waals surface area contributed by atoms with Crippen LogP contribution in [0.15, 0.2) is 35.6 Å². The van der Waals surface area contributed by atoms with E-state index >= 15 is 0 Å². The van der Waals surface area contributed by atoms with Gasteiger partial charge in [-0.25, -0.2) is 0 Å². The summed E-state index contributed by atoms with van der Waals surface area (Å²) in [6, 6.07) is 0. The minimum atomic E-state index is 0. The molecule has 0 aromatic heterocycles. The smallest absolute Gasteiger partial charge is 0.0356 e. The van der Waals surface area contributed by atoms with E-state index in [2.05, 4.69) is 30.7 Å². The highest BCUT2D eigenvalue weighted by atomic mass is 15.1. The number of nitrogens with zero attached hydrogens (tertiary/aromatic N) is 1. The fourth-order valence-electron chi connectivity index (χ4n) is 1.99. The van der Waals surface area contributed by atoms with Crippen LogP contribution in [0.5, 0.6) is 0 Å². The van der Waals surface area contributed by atoms with Crippen molar-refractivity contribution in [1.29, 1.82) is 0 Å². The maximum absolute atomic E-state index is 4.10. The van der Waals surface area contributed by atoms with Crippen molar-refractivity contribution < 1.29 is 0 Å². The van der Waals surface area contributed by atoms with Gasteiger partial charge in [-0.3, -0.25) is 0 Å². The molecule has 1 aliphatic heterocycles. The molecule has 1 heteroatoms. The Bertz CT molecular complexity index is 271. The molecule has 0 unspecified atom stereocenters. The van der Waals surface area contributed by atoms with E-state index in [0.717, 1.165) is 6.54 Å². The maximum Gasteiger partial charge on any atom is 0.0356 e. The van der Waals surface area contributed by atoms with Crippen LogP contribution in [-0.2, 0) is 0 Å². The standard InChI is InChI=1S/C11H15N.CH4/c1-9-5-3-7-11-10(9)6-4-8-12(11)2;/h4,6H,1,3,5,7-8H2,2H3;1H4.